The quantitative estimate of drug-likeness (QED) is 0.738. The first-order valence-corrected chi connectivity index (χ1v) is 8.78. The molecule has 1 aliphatic heterocycles. The van der Waals surface area contributed by atoms with E-state index in [0.717, 1.165) is 33.3 Å². The second-order valence-electron chi connectivity index (χ2n) is 6.84. The standard InChI is InChI=1S/C21H20N4O2/c1-11(2)19-18-17(15(10-22)20(23)27-21(18)25-24-19)14-8-9-16(26-3)13-7-5-4-6-12(13)14/h4-9,11,17H,23H2,1-3H3,(H,24,25). The molecule has 3 N–H and O–H groups in total. The minimum atomic E-state index is -0.356. The molecule has 2 aromatic carbocycles. The van der Waals surface area contributed by atoms with Crippen LogP contribution in [0, 0.1) is 11.3 Å². The number of rotatable bonds is 3. The first-order valence-electron chi connectivity index (χ1n) is 8.78. The van der Waals surface area contributed by atoms with Crippen molar-refractivity contribution in [2.24, 2.45) is 5.73 Å². The van der Waals surface area contributed by atoms with Crippen LogP contribution in [0.5, 0.6) is 11.6 Å². The summed E-state index contributed by atoms with van der Waals surface area (Å²) in [6.45, 7) is 4.15. The summed E-state index contributed by atoms with van der Waals surface area (Å²) in [7, 11) is 1.65. The molecule has 1 unspecified atom stereocenters. The summed E-state index contributed by atoms with van der Waals surface area (Å²) in [5, 5.41) is 19.2. The van der Waals surface area contributed by atoms with Gasteiger partial charge in [-0.2, -0.15) is 5.26 Å². The predicted molar refractivity (Wildman–Crippen MR) is 102 cm³/mol. The number of aromatic amines is 1. The average molecular weight is 360 g/mol. The number of ether oxygens (including phenoxy) is 2. The summed E-state index contributed by atoms with van der Waals surface area (Å²) in [6.07, 6.45) is 0. The smallest absolute Gasteiger partial charge is 0.244 e. The number of nitrogens with one attached hydrogen (secondary N) is 1. The number of allylic oxidation sites excluding steroid dienone is 1. The Morgan fingerprint density at radius 2 is 1.96 bits per heavy atom. The number of aromatic nitrogens is 2. The van der Waals surface area contributed by atoms with Crippen molar-refractivity contribution in [1.29, 1.82) is 5.26 Å². The number of nitriles is 1. The Bertz CT molecular complexity index is 1110. The lowest BCUT2D eigenvalue weighted by Crippen LogP contribution is -2.21. The van der Waals surface area contributed by atoms with Gasteiger partial charge in [0.05, 0.1) is 18.6 Å². The lowest BCUT2D eigenvalue weighted by molar-refractivity contribution is 0.378. The first-order chi connectivity index (χ1) is 13.1. The van der Waals surface area contributed by atoms with E-state index in [-0.39, 0.29) is 17.7 Å². The summed E-state index contributed by atoms with van der Waals surface area (Å²) in [5.41, 5.74) is 9.24. The van der Waals surface area contributed by atoms with Gasteiger partial charge >= 0.3 is 0 Å². The third-order valence-electron chi connectivity index (χ3n) is 4.99. The minimum absolute atomic E-state index is 0.0942. The van der Waals surface area contributed by atoms with Crippen LogP contribution in [0.3, 0.4) is 0 Å². The van der Waals surface area contributed by atoms with Crippen molar-refractivity contribution in [2.75, 3.05) is 7.11 Å². The van der Waals surface area contributed by atoms with Gasteiger partial charge in [-0.05, 0) is 22.9 Å². The van der Waals surface area contributed by atoms with E-state index < -0.39 is 0 Å². The maximum absolute atomic E-state index is 9.84. The number of hydrogen-bond acceptors (Lipinski definition) is 5. The molecule has 4 rings (SSSR count). The molecule has 2 heterocycles. The molecule has 6 heteroatoms. The molecule has 6 nitrogen and oxygen atoms in total. The van der Waals surface area contributed by atoms with Gasteiger partial charge in [0.1, 0.15) is 17.4 Å². The molecule has 1 aromatic heterocycles. The second kappa shape index (κ2) is 6.36. The molecule has 1 aliphatic rings. The lowest BCUT2D eigenvalue weighted by Gasteiger charge is -2.26. The Balaban J connectivity index is 2.06. The van der Waals surface area contributed by atoms with Crippen LogP contribution in [-0.4, -0.2) is 17.3 Å². The highest BCUT2D eigenvalue weighted by molar-refractivity contribution is 5.92. The Morgan fingerprint density at radius 1 is 1.22 bits per heavy atom. The number of hydrogen-bond donors (Lipinski definition) is 2. The van der Waals surface area contributed by atoms with E-state index in [0.29, 0.717) is 11.5 Å². The summed E-state index contributed by atoms with van der Waals surface area (Å²) in [4.78, 5) is 0. The van der Waals surface area contributed by atoms with Crippen molar-refractivity contribution >= 4 is 10.8 Å². The number of fused-ring (bicyclic) bond motifs is 2. The first kappa shape index (κ1) is 17.0. The van der Waals surface area contributed by atoms with Crippen molar-refractivity contribution in [3.8, 4) is 17.7 Å². The maximum atomic E-state index is 9.84. The van der Waals surface area contributed by atoms with Crippen molar-refractivity contribution in [3.05, 3.63) is 64.7 Å². The fraction of sp³-hybridized carbons (Fsp3) is 0.238. The SMILES string of the molecule is COc1ccc(C2C(C#N)=C(N)Oc3n[nH]c(C(C)C)c32)c2ccccc12. The molecule has 0 radical (unpaired) electrons. The van der Waals surface area contributed by atoms with Crippen LogP contribution in [0.15, 0.2) is 47.9 Å². The number of nitrogens with zero attached hydrogens (tertiary/aromatic N) is 2. The molecule has 0 amide bonds. The third kappa shape index (κ3) is 2.51. The van der Waals surface area contributed by atoms with Crippen molar-refractivity contribution in [1.82, 2.24) is 10.2 Å². The topological polar surface area (TPSA) is 96.9 Å². The van der Waals surface area contributed by atoms with E-state index in [1.54, 1.807) is 7.11 Å². The van der Waals surface area contributed by atoms with E-state index in [2.05, 4.69) is 30.1 Å². The molecule has 0 bridgehead atoms. The van der Waals surface area contributed by atoms with Crippen LogP contribution in [-0.2, 0) is 0 Å². The van der Waals surface area contributed by atoms with Gasteiger partial charge in [0.25, 0.3) is 0 Å². The van der Waals surface area contributed by atoms with E-state index in [1.165, 1.54) is 0 Å². The summed E-state index contributed by atoms with van der Waals surface area (Å²) < 4.78 is 11.2. The minimum Gasteiger partial charge on any atom is -0.496 e. The molecule has 0 spiro atoms. The highest BCUT2D eigenvalue weighted by atomic mass is 16.5. The average Bonchev–Trinajstić information content (AvgIpc) is 3.09. The highest BCUT2D eigenvalue weighted by Crippen LogP contribution is 2.47. The molecule has 136 valence electrons. The van der Waals surface area contributed by atoms with E-state index in [9.17, 15) is 5.26 Å². The Morgan fingerprint density at radius 3 is 2.63 bits per heavy atom. The van der Waals surface area contributed by atoms with Crippen LogP contribution < -0.4 is 15.2 Å². The van der Waals surface area contributed by atoms with Gasteiger partial charge < -0.3 is 15.2 Å². The molecule has 0 aliphatic carbocycles. The Hall–Kier alpha value is -3.46. The molecule has 0 saturated heterocycles. The van der Waals surface area contributed by atoms with Gasteiger partial charge in [-0.25, -0.2) is 0 Å². The predicted octanol–water partition coefficient (Wildman–Crippen LogP) is 3.91. The van der Waals surface area contributed by atoms with Gasteiger partial charge in [0.15, 0.2) is 0 Å². The van der Waals surface area contributed by atoms with E-state index in [1.807, 2.05) is 36.4 Å². The van der Waals surface area contributed by atoms with E-state index >= 15 is 0 Å². The second-order valence-corrected chi connectivity index (χ2v) is 6.84. The van der Waals surface area contributed by atoms with E-state index in [4.69, 9.17) is 15.2 Å². The van der Waals surface area contributed by atoms with Gasteiger partial charge in [0, 0.05) is 11.1 Å². The number of H-pyrrole nitrogens is 1. The van der Waals surface area contributed by atoms with Crippen molar-refractivity contribution in [3.63, 3.8) is 0 Å². The van der Waals surface area contributed by atoms with Crippen molar-refractivity contribution < 1.29 is 9.47 Å². The summed E-state index contributed by atoms with van der Waals surface area (Å²) in [5.74, 6) is 1.15. The van der Waals surface area contributed by atoms with Crippen LogP contribution in [0.2, 0.25) is 0 Å². The monoisotopic (exact) mass is 360 g/mol. The normalized spacial score (nSPS) is 16.2. The molecule has 1 atom stereocenters. The molecule has 0 saturated carbocycles. The fourth-order valence-electron chi connectivity index (χ4n) is 3.74. The van der Waals surface area contributed by atoms with Crippen LogP contribution in [0.1, 0.15) is 42.5 Å². The lowest BCUT2D eigenvalue weighted by atomic mass is 9.80. The highest BCUT2D eigenvalue weighted by Gasteiger charge is 2.36. The summed E-state index contributed by atoms with van der Waals surface area (Å²) >= 11 is 0. The van der Waals surface area contributed by atoms with Crippen LogP contribution in [0.25, 0.3) is 10.8 Å². The zero-order chi connectivity index (χ0) is 19.1. The van der Waals surface area contributed by atoms with Gasteiger partial charge in [-0.1, -0.05) is 44.2 Å². The Kier molecular flexibility index (Phi) is 4.00. The number of methoxy groups -OCH3 is 1. The molecular weight excluding hydrogens is 340 g/mol. The van der Waals surface area contributed by atoms with Gasteiger partial charge in [-0.3, -0.25) is 5.10 Å². The zero-order valence-electron chi connectivity index (χ0n) is 15.4. The fourth-order valence-corrected chi connectivity index (χ4v) is 3.74. The zero-order valence-corrected chi connectivity index (χ0v) is 15.4. The van der Waals surface area contributed by atoms with Gasteiger partial charge in [-0.15, -0.1) is 5.10 Å². The Labute approximate surface area is 157 Å². The van der Waals surface area contributed by atoms with Crippen LogP contribution >= 0.6 is 0 Å². The molecule has 3 aromatic rings. The largest absolute Gasteiger partial charge is 0.496 e. The summed E-state index contributed by atoms with van der Waals surface area (Å²) in [6, 6.07) is 14.1. The van der Waals surface area contributed by atoms with Crippen LogP contribution in [0.4, 0.5) is 0 Å². The van der Waals surface area contributed by atoms with Crippen molar-refractivity contribution in [2.45, 2.75) is 25.7 Å². The van der Waals surface area contributed by atoms with Gasteiger partial charge in [0.2, 0.25) is 11.8 Å². The molecular formula is C21H20N4O2. The molecule has 27 heavy (non-hydrogen) atoms. The third-order valence-corrected chi connectivity index (χ3v) is 4.99. The maximum Gasteiger partial charge on any atom is 0.244 e. The molecule has 0 fully saturated rings. The number of nitrogens with two attached hydrogens (primary N) is 1. The number of benzene rings is 2.